The summed E-state index contributed by atoms with van der Waals surface area (Å²) in [5.74, 6) is 0. The zero-order valence-corrected chi connectivity index (χ0v) is 11.3. The number of halogens is 1. The van der Waals surface area contributed by atoms with Crippen LogP contribution in [0.4, 0.5) is 11.4 Å². The highest BCUT2D eigenvalue weighted by Gasteiger charge is 2.22. The third kappa shape index (κ3) is 3.58. The third-order valence-electron chi connectivity index (χ3n) is 3.48. The first-order chi connectivity index (χ1) is 9.08. The number of nitro groups is 1. The second kappa shape index (κ2) is 6.21. The van der Waals surface area contributed by atoms with Gasteiger partial charge in [0.1, 0.15) is 0 Å². The number of anilines is 1. The monoisotopic (exact) mass is 284 g/mol. The van der Waals surface area contributed by atoms with Gasteiger partial charge in [-0.1, -0.05) is 30.9 Å². The molecule has 0 aliphatic heterocycles. The summed E-state index contributed by atoms with van der Waals surface area (Å²) in [6, 6.07) is 4.30. The first kappa shape index (κ1) is 14.1. The molecule has 1 saturated carbocycles. The highest BCUT2D eigenvalue weighted by molar-refractivity contribution is 6.33. The van der Waals surface area contributed by atoms with Crippen molar-refractivity contribution in [2.75, 3.05) is 5.32 Å². The molecule has 0 spiro atoms. The molecule has 1 aliphatic carbocycles. The zero-order valence-electron chi connectivity index (χ0n) is 10.5. The molecule has 0 bridgehead atoms. The van der Waals surface area contributed by atoms with Gasteiger partial charge in [-0.3, -0.25) is 10.1 Å². The van der Waals surface area contributed by atoms with Crippen LogP contribution in [0.2, 0.25) is 5.02 Å². The van der Waals surface area contributed by atoms with Crippen LogP contribution in [0.15, 0.2) is 18.2 Å². The van der Waals surface area contributed by atoms with Crippen molar-refractivity contribution in [3.63, 3.8) is 0 Å². The average molecular weight is 285 g/mol. The minimum Gasteiger partial charge on any atom is -0.391 e. The molecule has 1 fully saturated rings. The van der Waals surface area contributed by atoms with Crippen molar-refractivity contribution in [1.82, 2.24) is 0 Å². The summed E-state index contributed by atoms with van der Waals surface area (Å²) in [5.41, 5.74) is 0.607. The van der Waals surface area contributed by atoms with Gasteiger partial charge < -0.3 is 10.4 Å². The summed E-state index contributed by atoms with van der Waals surface area (Å²) >= 11 is 6.03. The van der Waals surface area contributed by atoms with Crippen molar-refractivity contribution in [1.29, 1.82) is 0 Å². The van der Waals surface area contributed by atoms with E-state index in [9.17, 15) is 15.2 Å². The quantitative estimate of drug-likeness (QED) is 0.507. The zero-order chi connectivity index (χ0) is 13.8. The van der Waals surface area contributed by atoms with Gasteiger partial charge in [0.25, 0.3) is 5.69 Å². The van der Waals surface area contributed by atoms with Crippen LogP contribution in [0.5, 0.6) is 0 Å². The number of nitrogens with zero attached hydrogens (tertiary/aromatic N) is 1. The first-order valence-electron chi connectivity index (χ1n) is 6.46. The second-order valence-corrected chi connectivity index (χ2v) is 5.28. The maximum absolute atomic E-state index is 10.6. The standard InChI is InChI=1S/C13H17ClN2O3/c14-10-8-9(16(18)19)6-7-11(10)15-12-4-2-1-3-5-13(12)17/h6-8,12-13,15,17H,1-5H2. The van der Waals surface area contributed by atoms with E-state index in [0.29, 0.717) is 10.7 Å². The SMILES string of the molecule is O=[N+]([O-])c1ccc(NC2CCCCCC2O)c(Cl)c1. The molecule has 2 atom stereocenters. The Hall–Kier alpha value is -1.33. The van der Waals surface area contributed by atoms with Gasteiger partial charge in [-0.25, -0.2) is 0 Å². The molecule has 0 amide bonds. The van der Waals surface area contributed by atoms with Crippen LogP contribution in [0.1, 0.15) is 32.1 Å². The molecule has 1 aromatic rings. The lowest BCUT2D eigenvalue weighted by Crippen LogP contribution is -2.32. The first-order valence-corrected chi connectivity index (χ1v) is 6.84. The second-order valence-electron chi connectivity index (χ2n) is 4.88. The molecule has 19 heavy (non-hydrogen) atoms. The Kier molecular flexibility index (Phi) is 4.61. The molecule has 0 heterocycles. The molecule has 0 radical (unpaired) electrons. The van der Waals surface area contributed by atoms with E-state index < -0.39 is 11.0 Å². The van der Waals surface area contributed by atoms with Crippen LogP contribution >= 0.6 is 11.6 Å². The van der Waals surface area contributed by atoms with Crippen LogP contribution in [0.25, 0.3) is 0 Å². The van der Waals surface area contributed by atoms with Gasteiger partial charge in [-0.2, -0.15) is 0 Å². The lowest BCUT2D eigenvalue weighted by atomic mass is 10.1. The summed E-state index contributed by atoms with van der Waals surface area (Å²) < 4.78 is 0. The van der Waals surface area contributed by atoms with E-state index in [1.165, 1.54) is 12.1 Å². The van der Waals surface area contributed by atoms with Crippen LogP contribution < -0.4 is 5.32 Å². The summed E-state index contributed by atoms with van der Waals surface area (Å²) in [6.45, 7) is 0. The maximum Gasteiger partial charge on any atom is 0.271 e. The molecular weight excluding hydrogens is 268 g/mol. The summed E-state index contributed by atoms with van der Waals surface area (Å²) in [4.78, 5) is 10.2. The number of aliphatic hydroxyl groups is 1. The third-order valence-corrected chi connectivity index (χ3v) is 3.80. The molecule has 0 saturated heterocycles. The number of nitrogens with one attached hydrogen (secondary N) is 1. The molecule has 104 valence electrons. The van der Waals surface area contributed by atoms with Crippen LogP contribution in [0, 0.1) is 10.1 Å². The molecule has 2 rings (SSSR count). The summed E-state index contributed by atoms with van der Waals surface area (Å²) in [5, 5.41) is 24.2. The molecule has 1 aromatic carbocycles. The number of aliphatic hydroxyl groups excluding tert-OH is 1. The number of benzene rings is 1. The van der Waals surface area contributed by atoms with Crippen LogP contribution in [-0.2, 0) is 0 Å². The summed E-state index contributed by atoms with van der Waals surface area (Å²) in [6.07, 6.45) is 4.50. The van der Waals surface area contributed by atoms with E-state index in [0.717, 1.165) is 32.1 Å². The molecular formula is C13H17ClN2O3. The molecule has 6 heteroatoms. The molecule has 5 nitrogen and oxygen atoms in total. The molecule has 2 N–H and O–H groups in total. The van der Waals surface area contributed by atoms with Gasteiger partial charge in [0, 0.05) is 12.1 Å². The fourth-order valence-electron chi connectivity index (χ4n) is 2.39. The van der Waals surface area contributed by atoms with Crippen molar-refractivity contribution in [2.24, 2.45) is 0 Å². The lowest BCUT2D eigenvalue weighted by Gasteiger charge is -2.23. The Balaban J connectivity index is 2.11. The Morgan fingerprint density at radius 1 is 1.32 bits per heavy atom. The smallest absolute Gasteiger partial charge is 0.271 e. The maximum atomic E-state index is 10.6. The van der Waals surface area contributed by atoms with E-state index in [1.54, 1.807) is 6.07 Å². The van der Waals surface area contributed by atoms with Crippen LogP contribution in [0.3, 0.4) is 0 Å². The number of hydrogen-bond acceptors (Lipinski definition) is 4. The fourth-order valence-corrected chi connectivity index (χ4v) is 2.62. The van der Waals surface area contributed by atoms with Crippen molar-refractivity contribution in [3.8, 4) is 0 Å². The lowest BCUT2D eigenvalue weighted by molar-refractivity contribution is -0.384. The van der Waals surface area contributed by atoms with E-state index in [1.807, 2.05) is 0 Å². The molecule has 2 unspecified atom stereocenters. The van der Waals surface area contributed by atoms with Gasteiger partial charge in [-0.05, 0) is 18.9 Å². The van der Waals surface area contributed by atoms with Gasteiger partial charge in [0.2, 0.25) is 0 Å². The molecule has 0 aromatic heterocycles. The van der Waals surface area contributed by atoms with E-state index >= 15 is 0 Å². The van der Waals surface area contributed by atoms with Crippen molar-refractivity contribution in [3.05, 3.63) is 33.3 Å². The van der Waals surface area contributed by atoms with E-state index in [4.69, 9.17) is 11.6 Å². The minimum absolute atomic E-state index is 0.0306. The van der Waals surface area contributed by atoms with E-state index in [-0.39, 0.29) is 11.7 Å². The highest BCUT2D eigenvalue weighted by atomic mass is 35.5. The highest BCUT2D eigenvalue weighted by Crippen LogP contribution is 2.29. The number of hydrogen-bond donors (Lipinski definition) is 2. The Morgan fingerprint density at radius 3 is 2.74 bits per heavy atom. The Labute approximate surface area is 116 Å². The number of non-ortho nitro benzene ring substituents is 1. The predicted molar refractivity (Wildman–Crippen MR) is 74.6 cm³/mol. The predicted octanol–water partition coefficient (Wildman–Crippen LogP) is 3.35. The van der Waals surface area contributed by atoms with Gasteiger partial charge in [0.15, 0.2) is 0 Å². The molecule has 1 aliphatic rings. The van der Waals surface area contributed by atoms with Gasteiger partial charge in [-0.15, -0.1) is 0 Å². The number of nitro benzene ring substituents is 1. The van der Waals surface area contributed by atoms with Gasteiger partial charge >= 0.3 is 0 Å². The minimum atomic E-state index is -0.476. The normalized spacial score (nSPS) is 23.7. The summed E-state index contributed by atoms with van der Waals surface area (Å²) in [7, 11) is 0. The topological polar surface area (TPSA) is 75.4 Å². The Morgan fingerprint density at radius 2 is 2.05 bits per heavy atom. The van der Waals surface area contributed by atoms with Crippen molar-refractivity contribution in [2.45, 2.75) is 44.2 Å². The van der Waals surface area contributed by atoms with Crippen molar-refractivity contribution < 1.29 is 10.0 Å². The fraction of sp³-hybridized carbons (Fsp3) is 0.538. The van der Waals surface area contributed by atoms with Gasteiger partial charge in [0.05, 0.1) is 27.8 Å². The van der Waals surface area contributed by atoms with Crippen molar-refractivity contribution >= 4 is 23.0 Å². The number of rotatable bonds is 3. The van der Waals surface area contributed by atoms with E-state index in [2.05, 4.69) is 5.32 Å². The van der Waals surface area contributed by atoms with Crippen LogP contribution in [-0.4, -0.2) is 22.2 Å². The largest absolute Gasteiger partial charge is 0.391 e. The average Bonchev–Trinajstić information content (AvgIpc) is 2.57. The Bertz CT molecular complexity index is 467.